The number of hydrogen-bond donors (Lipinski definition) is 1. The SMILES string of the molecule is O=C(NCC(=O)N1CCN(c2ccc(N3C[C@H](Cn4ccnn4)OC3=O)cc2F)CC1)c1ccc([N+](=O)[O-])o1. The zero-order valence-electron chi connectivity index (χ0n) is 20.4. The number of piperazine rings is 1. The lowest BCUT2D eigenvalue weighted by molar-refractivity contribution is -0.402. The maximum absolute atomic E-state index is 15.1. The van der Waals surface area contributed by atoms with E-state index in [1.165, 1.54) is 22.1 Å². The monoisotopic (exact) mass is 542 g/mol. The Hall–Kier alpha value is -5.02. The van der Waals surface area contributed by atoms with E-state index in [-0.39, 0.29) is 24.8 Å². The predicted octanol–water partition coefficient (Wildman–Crippen LogP) is 1.02. The van der Waals surface area contributed by atoms with Gasteiger partial charge < -0.3 is 24.3 Å². The number of halogens is 1. The molecule has 16 heteroatoms. The zero-order valence-corrected chi connectivity index (χ0v) is 20.4. The number of nitro groups is 1. The van der Waals surface area contributed by atoms with Gasteiger partial charge >= 0.3 is 12.0 Å². The molecule has 15 nitrogen and oxygen atoms in total. The fourth-order valence-corrected chi connectivity index (χ4v) is 4.39. The van der Waals surface area contributed by atoms with Crippen LogP contribution in [-0.4, -0.2) is 88.1 Å². The second-order valence-electron chi connectivity index (χ2n) is 8.82. The molecule has 2 aliphatic heterocycles. The lowest BCUT2D eigenvalue weighted by Gasteiger charge is -2.36. The Kier molecular flexibility index (Phi) is 7.07. The van der Waals surface area contributed by atoms with Gasteiger partial charge in [0.15, 0.2) is 5.76 Å². The Morgan fingerprint density at radius 3 is 2.64 bits per heavy atom. The highest BCUT2D eigenvalue weighted by atomic mass is 19.1. The highest BCUT2D eigenvalue weighted by Gasteiger charge is 2.33. The van der Waals surface area contributed by atoms with Crippen molar-refractivity contribution in [1.82, 2.24) is 25.2 Å². The molecule has 1 atom stereocenters. The molecule has 2 aliphatic rings. The van der Waals surface area contributed by atoms with Crippen molar-refractivity contribution in [2.24, 2.45) is 0 Å². The minimum atomic E-state index is -0.768. The number of ether oxygens (including phenoxy) is 1. The van der Waals surface area contributed by atoms with Crippen molar-refractivity contribution in [3.8, 4) is 0 Å². The predicted molar refractivity (Wildman–Crippen MR) is 131 cm³/mol. The fourth-order valence-electron chi connectivity index (χ4n) is 4.39. The van der Waals surface area contributed by atoms with E-state index in [9.17, 15) is 24.5 Å². The molecule has 3 aromatic rings. The number of carbonyl (C=O) groups is 3. The molecule has 0 bridgehead atoms. The number of aromatic nitrogens is 3. The molecule has 0 spiro atoms. The van der Waals surface area contributed by atoms with Gasteiger partial charge in [-0.05, 0) is 24.3 Å². The summed E-state index contributed by atoms with van der Waals surface area (Å²) in [4.78, 5) is 51.6. The van der Waals surface area contributed by atoms with E-state index in [0.717, 1.165) is 12.1 Å². The number of rotatable bonds is 8. The largest absolute Gasteiger partial charge is 0.442 e. The van der Waals surface area contributed by atoms with Gasteiger partial charge in [-0.2, -0.15) is 0 Å². The summed E-state index contributed by atoms with van der Waals surface area (Å²) in [7, 11) is 0. The van der Waals surface area contributed by atoms with Crippen molar-refractivity contribution < 1.29 is 32.9 Å². The van der Waals surface area contributed by atoms with E-state index in [4.69, 9.17) is 9.15 Å². The van der Waals surface area contributed by atoms with Crippen molar-refractivity contribution >= 4 is 35.2 Å². The molecule has 2 saturated heterocycles. The summed E-state index contributed by atoms with van der Waals surface area (Å²) < 4.78 is 26.8. The van der Waals surface area contributed by atoms with Crippen molar-refractivity contribution in [1.29, 1.82) is 0 Å². The third-order valence-corrected chi connectivity index (χ3v) is 6.35. The average molecular weight is 542 g/mol. The normalized spacial score (nSPS) is 17.3. The Morgan fingerprint density at radius 1 is 1.18 bits per heavy atom. The van der Waals surface area contributed by atoms with Gasteiger partial charge in [-0.25, -0.2) is 13.9 Å². The molecule has 1 N–H and O–H groups in total. The number of benzene rings is 1. The number of furan rings is 1. The minimum absolute atomic E-state index is 0.242. The summed E-state index contributed by atoms with van der Waals surface area (Å²) in [5.74, 6) is -2.46. The molecule has 204 valence electrons. The van der Waals surface area contributed by atoms with Crippen LogP contribution in [0.2, 0.25) is 0 Å². The van der Waals surface area contributed by atoms with Gasteiger partial charge in [0.25, 0.3) is 5.91 Å². The second-order valence-corrected chi connectivity index (χ2v) is 8.82. The van der Waals surface area contributed by atoms with Crippen LogP contribution in [0.5, 0.6) is 0 Å². The number of hydrogen-bond acceptors (Lipinski definition) is 10. The van der Waals surface area contributed by atoms with E-state index >= 15 is 4.39 Å². The number of cyclic esters (lactones) is 1. The molecule has 39 heavy (non-hydrogen) atoms. The lowest BCUT2D eigenvalue weighted by Crippen LogP contribution is -2.51. The molecule has 2 aromatic heterocycles. The molecular weight excluding hydrogens is 519 g/mol. The highest BCUT2D eigenvalue weighted by Crippen LogP contribution is 2.29. The van der Waals surface area contributed by atoms with Gasteiger partial charge in [0.2, 0.25) is 5.91 Å². The topological polar surface area (TPSA) is 169 Å². The van der Waals surface area contributed by atoms with E-state index in [2.05, 4.69) is 15.6 Å². The molecule has 2 fully saturated rings. The summed E-state index contributed by atoms with van der Waals surface area (Å²) in [5, 5.41) is 20.6. The highest BCUT2D eigenvalue weighted by molar-refractivity contribution is 5.94. The first-order valence-corrected chi connectivity index (χ1v) is 12.0. The first-order chi connectivity index (χ1) is 18.8. The van der Waals surface area contributed by atoms with E-state index in [0.29, 0.717) is 44.1 Å². The van der Waals surface area contributed by atoms with E-state index in [1.807, 2.05) is 0 Å². The summed E-state index contributed by atoms with van der Waals surface area (Å²) >= 11 is 0. The quantitative estimate of drug-likeness (QED) is 0.320. The third-order valence-electron chi connectivity index (χ3n) is 6.35. The molecule has 0 saturated carbocycles. The number of amides is 3. The first kappa shape index (κ1) is 25.6. The average Bonchev–Trinajstić information content (AvgIpc) is 3.69. The molecule has 5 rings (SSSR count). The standard InChI is InChI=1S/C23H23FN8O7/c24-17-11-15(31-14-16(38-23(31)35)13-30-6-5-26-27-30)1-2-18(17)28-7-9-29(10-8-28)20(33)12-25-22(34)19-3-4-21(39-19)32(36)37/h1-6,11,16H,7-10,12-14H2,(H,25,34)/t16-/m0/s1. The van der Waals surface area contributed by atoms with Crippen LogP contribution in [0.15, 0.2) is 47.1 Å². The maximum atomic E-state index is 15.1. The van der Waals surface area contributed by atoms with Gasteiger partial charge in [-0.3, -0.25) is 24.6 Å². The molecule has 4 heterocycles. The van der Waals surface area contributed by atoms with Crippen LogP contribution in [0.1, 0.15) is 10.6 Å². The molecule has 0 aliphatic carbocycles. The third kappa shape index (κ3) is 5.63. The Bertz CT molecular complexity index is 1390. The fraction of sp³-hybridized carbons (Fsp3) is 0.348. The van der Waals surface area contributed by atoms with Crippen molar-refractivity contribution in [3.63, 3.8) is 0 Å². The van der Waals surface area contributed by atoms with Crippen LogP contribution in [-0.2, 0) is 16.1 Å². The van der Waals surface area contributed by atoms with Crippen LogP contribution in [0.4, 0.5) is 26.4 Å². The van der Waals surface area contributed by atoms with Crippen LogP contribution < -0.4 is 15.1 Å². The van der Waals surface area contributed by atoms with E-state index in [1.54, 1.807) is 27.9 Å². The Morgan fingerprint density at radius 2 is 1.97 bits per heavy atom. The summed E-state index contributed by atoms with van der Waals surface area (Å²) in [6.45, 7) is 1.56. The van der Waals surface area contributed by atoms with Gasteiger partial charge in [-0.15, -0.1) is 5.10 Å². The Labute approximate surface area is 219 Å². The van der Waals surface area contributed by atoms with Crippen molar-refractivity contribution in [2.75, 3.05) is 49.1 Å². The number of nitrogens with one attached hydrogen (secondary N) is 1. The molecule has 0 unspecified atom stereocenters. The number of nitrogens with zero attached hydrogens (tertiary/aromatic N) is 7. The maximum Gasteiger partial charge on any atom is 0.433 e. The lowest BCUT2D eigenvalue weighted by atomic mass is 10.2. The molecule has 0 radical (unpaired) electrons. The summed E-state index contributed by atoms with van der Waals surface area (Å²) in [6, 6.07) is 6.71. The molecular formula is C23H23FN8O7. The minimum Gasteiger partial charge on any atom is -0.442 e. The molecule has 1 aromatic carbocycles. The zero-order chi connectivity index (χ0) is 27.5. The summed E-state index contributed by atoms with van der Waals surface area (Å²) in [5.41, 5.74) is 0.707. The van der Waals surface area contributed by atoms with Crippen molar-refractivity contribution in [2.45, 2.75) is 12.6 Å². The van der Waals surface area contributed by atoms with Crippen LogP contribution in [0.3, 0.4) is 0 Å². The molecule has 3 amide bonds. The van der Waals surface area contributed by atoms with Crippen molar-refractivity contribution in [3.05, 3.63) is 64.4 Å². The van der Waals surface area contributed by atoms with Crippen LogP contribution in [0, 0.1) is 15.9 Å². The van der Waals surface area contributed by atoms with Gasteiger partial charge in [-0.1, -0.05) is 5.21 Å². The van der Waals surface area contributed by atoms with Gasteiger partial charge in [0.05, 0.1) is 43.3 Å². The number of carbonyl (C=O) groups excluding carboxylic acids is 3. The van der Waals surface area contributed by atoms with Gasteiger partial charge in [0.1, 0.15) is 16.8 Å². The van der Waals surface area contributed by atoms with Crippen LogP contribution in [0.25, 0.3) is 0 Å². The van der Waals surface area contributed by atoms with E-state index < -0.39 is 34.7 Å². The second kappa shape index (κ2) is 10.8. The number of anilines is 2. The van der Waals surface area contributed by atoms with Gasteiger partial charge in [0, 0.05) is 32.4 Å². The first-order valence-electron chi connectivity index (χ1n) is 12.0. The smallest absolute Gasteiger partial charge is 0.433 e. The van der Waals surface area contributed by atoms with Crippen LogP contribution >= 0.6 is 0 Å². The summed E-state index contributed by atoms with van der Waals surface area (Å²) in [6.07, 6.45) is 2.16. The Balaban J connectivity index is 1.12.